The van der Waals surface area contributed by atoms with Crippen LogP contribution in [0.3, 0.4) is 0 Å². The Labute approximate surface area is 108 Å². The highest BCUT2D eigenvalue weighted by atomic mass is 15.4. The van der Waals surface area contributed by atoms with Crippen LogP contribution < -0.4 is 5.73 Å². The van der Waals surface area contributed by atoms with Crippen molar-refractivity contribution in [1.29, 1.82) is 0 Å². The fourth-order valence-corrected chi connectivity index (χ4v) is 2.59. The van der Waals surface area contributed by atoms with Gasteiger partial charge in [0.05, 0.1) is 11.4 Å². The Morgan fingerprint density at radius 3 is 2.17 bits per heavy atom. The van der Waals surface area contributed by atoms with Gasteiger partial charge in [-0.25, -0.2) is 4.68 Å². The van der Waals surface area contributed by atoms with E-state index in [1.54, 1.807) is 0 Å². The molecule has 0 amide bonds. The van der Waals surface area contributed by atoms with Crippen molar-refractivity contribution in [3.05, 3.63) is 28.2 Å². The van der Waals surface area contributed by atoms with E-state index in [4.69, 9.17) is 5.73 Å². The van der Waals surface area contributed by atoms with Crippen LogP contribution in [0, 0.1) is 20.8 Å². The van der Waals surface area contributed by atoms with Crippen LogP contribution in [0.5, 0.6) is 0 Å². The Kier molecular flexibility index (Phi) is 3.26. The van der Waals surface area contributed by atoms with Gasteiger partial charge in [0.2, 0.25) is 0 Å². The largest absolute Gasteiger partial charge is 0.326 e. The Morgan fingerprint density at radius 2 is 1.67 bits per heavy atom. The van der Waals surface area contributed by atoms with Crippen LogP contribution in [0.1, 0.15) is 35.1 Å². The zero-order valence-corrected chi connectivity index (χ0v) is 11.8. The average molecular weight is 247 g/mol. The van der Waals surface area contributed by atoms with E-state index in [0.29, 0.717) is 6.54 Å². The zero-order valence-electron chi connectivity index (χ0n) is 11.8. The Bertz CT molecular complexity index is 577. The molecule has 0 saturated heterocycles. The molecule has 0 unspecified atom stereocenters. The minimum Gasteiger partial charge on any atom is -0.326 e. The predicted octanol–water partition coefficient (Wildman–Crippen LogP) is 1.55. The van der Waals surface area contributed by atoms with Crippen molar-refractivity contribution in [1.82, 2.24) is 19.6 Å². The van der Waals surface area contributed by atoms with Crippen LogP contribution >= 0.6 is 0 Å². The van der Waals surface area contributed by atoms with E-state index in [1.165, 1.54) is 11.3 Å². The van der Waals surface area contributed by atoms with Gasteiger partial charge < -0.3 is 5.73 Å². The summed E-state index contributed by atoms with van der Waals surface area (Å²) < 4.78 is 3.83. The third-order valence-electron chi connectivity index (χ3n) is 3.51. The molecule has 0 aliphatic heterocycles. The number of aromatic nitrogens is 4. The highest BCUT2D eigenvalue weighted by molar-refractivity contribution is 5.41. The van der Waals surface area contributed by atoms with Crippen molar-refractivity contribution in [3.8, 4) is 5.82 Å². The first kappa shape index (κ1) is 12.8. The molecule has 0 aromatic carbocycles. The third kappa shape index (κ3) is 1.75. The molecule has 0 spiro atoms. The summed E-state index contributed by atoms with van der Waals surface area (Å²) in [7, 11) is 1.93. The van der Waals surface area contributed by atoms with E-state index >= 15 is 0 Å². The summed E-state index contributed by atoms with van der Waals surface area (Å²) in [5.74, 6) is 0.982. The summed E-state index contributed by atoms with van der Waals surface area (Å²) in [4.78, 5) is 0. The molecule has 2 aromatic rings. The quantitative estimate of drug-likeness (QED) is 0.895. The number of rotatable bonds is 3. The second-order valence-corrected chi connectivity index (χ2v) is 4.63. The molecule has 2 aromatic heterocycles. The second kappa shape index (κ2) is 4.57. The van der Waals surface area contributed by atoms with Gasteiger partial charge in [-0.3, -0.25) is 4.68 Å². The number of nitrogens with zero attached hydrogens (tertiary/aromatic N) is 4. The molecule has 0 saturated carbocycles. The molecule has 18 heavy (non-hydrogen) atoms. The molecule has 5 heteroatoms. The molecule has 2 heterocycles. The molecule has 0 aliphatic rings. The van der Waals surface area contributed by atoms with E-state index in [-0.39, 0.29) is 0 Å². The van der Waals surface area contributed by atoms with E-state index in [0.717, 1.165) is 29.2 Å². The summed E-state index contributed by atoms with van der Waals surface area (Å²) in [6.07, 6.45) is 0.993. The molecular formula is C13H21N5. The summed E-state index contributed by atoms with van der Waals surface area (Å²) in [6, 6.07) is 0. The number of hydrogen-bond donors (Lipinski definition) is 1. The first-order valence-electron chi connectivity index (χ1n) is 6.29. The zero-order chi connectivity index (χ0) is 13.4. The van der Waals surface area contributed by atoms with Crippen LogP contribution in [0.15, 0.2) is 0 Å². The summed E-state index contributed by atoms with van der Waals surface area (Å²) in [6.45, 7) is 8.77. The van der Waals surface area contributed by atoms with Gasteiger partial charge >= 0.3 is 0 Å². The fraction of sp³-hybridized carbons (Fsp3) is 0.538. The minimum absolute atomic E-state index is 0.481. The van der Waals surface area contributed by atoms with Crippen molar-refractivity contribution >= 4 is 0 Å². The van der Waals surface area contributed by atoms with E-state index in [2.05, 4.69) is 24.0 Å². The molecule has 2 rings (SSSR count). The topological polar surface area (TPSA) is 61.7 Å². The van der Waals surface area contributed by atoms with Gasteiger partial charge in [0, 0.05) is 24.8 Å². The van der Waals surface area contributed by atoms with E-state index in [1.807, 2.05) is 30.3 Å². The SMILES string of the molecule is CCc1c(C)nn(-c2c(CN)c(C)nn2C)c1C. The first-order valence-corrected chi connectivity index (χ1v) is 6.29. The molecule has 0 bridgehead atoms. The van der Waals surface area contributed by atoms with Gasteiger partial charge in [-0.1, -0.05) is 6.92 Å². The maximum Gasteiger partial charge on any atom is 0.156 e. The molecule has 0 radical (unpaired) electrons. The van der Waals surface area contributed by atoms with Crippen molar-refractivity contribution < 1.29 is 0 Å². The van der Waals surface area contributed by atoms with Gasteiger partial charge in [-0.15, -0.1) is 0 Å². The Morgan fingerprint density at radius 1 is 1.06 bits per heavy atom. The molecular weight excluding hydrogens is 226 g/mol. The second-order valence-electron chi connectivity index (χ2n) is 4.63. The lowest BCUT2D eigenvalue weighted by atomic mass is 10.1. The summed E-state index contributed by atoms with van der Waals surface area (Å²) in [5.41, 5.74) is 11.4. The van der Waals surface area contributed by atoms with Crippen LogP contribution in [-0.4, -0.2) is 19.6 Å². The predicted molar refractivity (Wildman–Crippen MR) is 71.8 cm³/mol. The summed E-state index contributed by atoms with van der Waals surface area (Å²) >= 11 is 0. The highest BCUT2D eigenvalue weighted by Gasteiger charge is 2.18. The average Bonchev–Trinajstić information content (AvgIpc) is 2.75. The lowest BCUT2D eigenvalue weighted by Gasteiger charge is -2.08. The number of hydrogen-bond acceptors (Lipinski definition) is 3. The van der Waals surface area contributed by atoms with Gasteiger partial charge in [-0.2, -0.15) is 10.2 Å². The van der Waals surface area contributed by atoms with Crippen molar-refractivity contribution in [2.45, 2.75) is 40.7 Å². The molecule has 0 fully saturated rings. The van der Waals surface area contributed by atoms with Gasteiger partial charge in [-0.05, 0) is 32.8 Å². The lowest BCUT2D eigenvalue weighted by molar-refractivity contribution is 0.679. The van der Waals surface area contributed by atoms with Crippen LogP contribution in [0.25, 0.3) is 5.82 Å². The van der Waals surface area contributed by atoms with E-state index < -0.39 is 0 Å². The lowest BCUT2D eigenvalue weighted by Crippen LogP contribution is -2.10. The van der Waals surface area contributed by atoms with Crippen molar-refractivity contribution in [2.24, 2.45) is 12.8 Å². The van der Waals surface area contributed by atoms with Gasteiger partial charge in [0.25, 0.3) is 0 Å². The standard InChI is InChI=1S/C13H21N5/c1-6-11-8(2)16-18(10(11)4)13-12(7-14)9(3)15-17(13)5/h6-7,14H2,1-5H3. The number of aryl methyl sites for hydroxylation is 3. The van der Waals surface area contributed by atoms with Crippen LogP contribution in [0.4, 0.5) is 0 Å². The normalized spacial score (nSPS) is 11.2. The van der Waals surface area contributed by atoms with Crippen molar-refractivity contribution in [3.63, 3.8) is 0 Å². The monoisotopic (exact) mass is 247 g/mol. The Balaban J connectivity index is 2.69. The maximum absolute atomic E-state index is 5.84. The first-order chi connectivity index (χ1) is 8.51. The molecule has 98 valence electrons. The molecule has 2 N–H and O–H groups in total. The fourth-order valence-electron chi connectivity index (χ4n) is 2.59. The molecule has 5 nitrogen and oxygen atoms in total. The molecule has 0 aliphatic carbocycles. The van der Waals surface area contributed by atoms with Crippen LogP contribution in [-0.2, 0) is 20.0 Å². The van der Waals surface area contributed by atoms with Gasteiger partial charge in [0.15, 0.2) is 5.82 Å². The van der Waals surface area contributed by atoms with Crippen LogP contribution in [0.2, 0.25) is 0 Å². The third-order valence-corrected chi connectivity index (χ3v) is 3.51. The van der Waals surface area contributed by atoms with Gasteiger partial charge in [0.1, 0.15) is 0 Å². The van der Waals surface area contributed by atoms with E-state index in [9.17, 15) is 0 Å². The smallest absolute Gasteiger partial charge is 0.156 e. The summed E-state index contributed by atoms with van der Waals surface area (Å²) in [5, 5.41) is 9.07. The maximum atomic E-state index is 5.84. The van der Waals surface area contributed by atoms with Crippen molar-refractivity contribution in [2.75, 3.05) is 0 Å². The highest BCUT2D eigenvalue weighted by Crippen LogP contribution is 2.22. The minimum atomic E-state index is 0.481. The Hall–Kier alpha value is -1.62. The number of nitrogens with two attached hydrogens (primary N) is 1. The molecule has 0 atom stereocenters.